The Morgan fingerprint density at radius 2 is 2.28 bits per heavy atom. The molecular formula is C14H21NO3. The number of carbonyl (C=O) groups is 1. The van der Waals surface area contributed by atoms with Crippen LogP contribution in [0.3, 0.4) is 0 Å². The molecule has 1 saturated heterocycles. The zero-order chi connectivity index (χ0) is 13.1. The molecule has 0 saturated carbocycles. The minimum atomic E-state index is -0.141. The number of furan rings is 1. The molecule has 1 aromatic heterocycles. The second-order valence-corrected chi connectivity index (χ2v) is 5.25. The van der Waals surface area contributed by atoms with Crippen molar-refractivity contribution in [3.8, 4) is 0 Å². The van der Waals surface area contributed by atoms with Crippen LogP contribution in [0.2, 0.25) is 0 Å². The first-order valence-electron chi connectivity index (χ1n) is 6.54. The average Bonchev–Trinajstić information content (AvgIpc) is 2.94. The molecule has 100 valence electrons. The summed E-state index contributed by atoms with van der Waals surface area (Å²) in [7, 11) is 0. The zero-order valence-electron chi connectivity index (χ0n) is 11.2. The average molecular weight is 251 g/mol. The van der Waals surface area contributed by atoms with Crippen molar-refractivity contribution in [2.24, 2.45) is 11.8 Å². The molecule has 18 heavy (non-hydrogen) atoms. The molecule has 0 aliphatic carbocycles. The third kappa shape index (κ3) is 2.93. The van der Waals surface area contributed by atoms with Gasteiger partial charge in [-0.15, -0.1) is 0 Å². The maximum Gasteiger partial charge on any atom is 0.287 e. The van der Waals surface area contributed by atoms with Gasteiger partial charge in [-0.1, -0.05) is 13.8 Å². The fourth-order valence-corrected chi connectivity index (χ4v) is 2.48. The van der Waals surface area contributed by atoms with Crippen LogP contribution in [-0.2, 0) is 4.74 Å². The van der Waals surface area contributed by atoms with E-state index >= 15 is 0 Å². The number of ether oxygens (including phenoxy) is 1. The molecule has 1 aliphatic rings. The first-order chi connectivity index (χ1) is 8.58. The molecule has 1 amide bonds. The minimum Gasteiger partial charge on any atom is -0.456 e. The molecule has 0 spiro atoms. The third-order valence-corrected chi connectivity index (χ3v) is 3.41. The normalized spacial score (nSPS) is 23.6. The summed E-state index contributed by atoms with van der Waals surface area (Å²) in [5.74, 6) is 1.89. The molecule has 1 aliphatic heterocycles. The molecule has 4 heteroatoms. The standard InChI is InChI=1S/C14H21NO3/c1-9(2)13-11(6-7-17-13)8-15-14(16)12-5-4-10(3)18-12/h4-5,9,11,13H,6-8H2,1-3H3,(H,15,16)/t11-,13-/m1/s1. The number of amides is 1. The predicted molar refractivity (Wildman–Crippen MR) is 68.5 cm³/mol. The summed E-state index contributed by atoms with van der Waals surface area (Å²) in [6.07, 6.45) is 1.27. The van der Waals surface area contributed by atoms with Crippen molar-refractivity contribution in [1.29, 1.82) is 0 Å². The summed E-state index contributed by atoms with van der Waals surface area (Å²) in [4.78, 5) is 11.8. The lowest BCUT2D eigenvalue weighted by molar-refractivity contribution is 0.0531. The minimum absolute atomic E-state index is 0.141. The van der Waals surface area contributed by atoms with Crippen LogP contribution in [0.15, 0.2) is 16.5 Å². The highest BCUT2D eigenvalue weighted by molar-refractivity contribution is 5.91. The van der Waals surface area contributed by atoms with Gasteiger partial charge < -0.3 is 14.5 Å². The Balaban J connectivity index is 1.86. The molecular weight excluding hydrogens is 230 g/mol. The van der Waals surface area contributed by atoms with Gasteiger partial charge in [-0.2, -0.15) is 0 Å². The number of carbonyl (C=O) groups excluding carboxylic acids is 1. The zero-order valence-corrected chi connectivity index (χ0v) is 11.2. The Bertz CT molecular complexity index is 411. The van der Waals surface area contributed by atoms with Crippen LogP contribution in [0, 0.1) is 18.8 Å². The molecule has 1 aromatic rings. The summed E-state index contributed by atoms with van der Waals surface area (Å²) < 4.78 is 11.0. The van der Waals surface area contributed by atoms with Crippen LogP contribution in [-0.4, -0.2) is 25.2 Å². The van der Waals surface area contributed by atoms with Crippen LogP contribution in [0.25, 0.3) is 0 Å². The number of rotatable bonds is 4. The number of hydrogen-bond donors (Lipinski definition) is 1. The molecule has 0 unspecified atom stereocenters. The molecule has 2 heterocycles. The van der Waals surface area contributed by atoms with E-state index in [0.29, 0.717) is 24.1 Å². The van der Waals surface area contributed by atoms with Gasteiger partial charge in [-0.05, 0) is 31.4 Å². The summed E-state index contributed by atoms with van der Waals surface area (Å²) >= 11 is 0. The van der Waals surface area contributed by atoms with E-state index in [1.165, 1.54) is 0 Å². The van der Waals surface area contributed by atoms with Crippen molar-refractivity contribution in [1.82, 2.24) is 5.32 Å². The van der Waals surface area contributed by atoms with Gasteiger partial charge in [0.15, 0.2) is 5.76 Å². The van der Waals surface area contributed by atoms with Crippen LogP contribution >= 0.6 is 0 Å². The predicted octanol–water partition coefficient (Wildman–Crippen LogP) is 2.38. The van der Waals surface area contributed by atoms with Crippen molar-refractivity contribution in [2.75, 3.05) is 13.2 Å². The highest BCUT2D eigenvalue weighted by Crippen LogP contribution is 2.26. The quantitative estimate of drug-likeness (QED) is 0.893. The van der Waals surface area contributed by atoms with E-state index in [2.05, 4.69) is 19.2 Å². The van der Waals surface area contributed by atoms with Gasteiger partial charge >= 0.3 is 0 Å². The van der Waals surface area contributed by atoms with E-state index < -0.39 is 0 Å². The Morgan fingerprint density at radius 3 is 2.89 bits per heavy atom. The van der Waals surface area contributed by atoms with Crippen LogP contribution in [0.4, 0.5) is 0 Å². The highest BCUT2D eigenvalue weighted by atomic mass is 16.5. The van der Waals surface area contributed by atoms with Crippen LogP contribution < -0.4 is 5.32 Å². The lowest BCUT2D eigenvalue weighted by atomic mass is 9.93. The van der Waals surface area contributed by atoms with Crippen molar-refractivity contribution in [3.63, 3.8) is 0 Å². The maximum absolute atomic E-state index is 11.8. The van der Waals surface area contributed by atoms with E-state index in [1.54, 1.807) is 12.1 Å². The van der Waals surface area contributed by atoms with Crippen LogP contribution in [0.1, 0.15) is 36.6 Å². The van der Waals surface area contributed by atoms with Gasteiger partial charge in [0.25, 0.3) is 5.91 Å². The van der Waals surface area contributed by atoms with Gasteiger partial charge in [0.1, 0.15) is 5.76 Å². The molecule has 2 rings (SSSR count). The van der Waals surface area contributed by atoms with E-state index in [0.717, 1.165) is 18.8 Å². The molecule has 0 radical (unpaired) electrons. The molecule has 4 nitrogen and oxygen atoms in total. The number of aryl methyl sites for hydroxylation is 1. The lowest BCUT2D eigenvalue weighted by Crippen LogP contribution is -2.34. The van der Waals surface area contributed by atoms with Crippen molar-refractivity contribution in [3.05, 3.63) is 23.7 Å². The smallest absolute Gasteiger partial charge is 0.287 e. The summed E-state index contributed by atoms with van der Waals surface area (Å²) in [5, 5.41) is 2.93. The van der Waals surface area contributed by atoms with E-state index in [-0.39, 0.29) is 12.0 Å². The Kier molecular flexibility index (Phi) is 4.07. The summed E-state index contributed by atoms with van der Waals surface area (Å²) in [6.45, 7) is 7.59. The monoisotopic (exact) mass is 251 g/mol. The maximum atomic E-state index is 11.8. The Hall–Kier alpha value is -1.29. The topological polar surface area (TPSA) is 51.5 Å². The SMILES string of the molecule is Cc1ccc(C(=O)NC[C@H]2CCO[C@@H]2C(C)C)o1. The van der Waals surface area contributed by atoms with E-state index in [1.807, 2.05) is 6.92 Å². The molecule has 1 N–H and O–H groups in total. The second kappa shape index (κ2) is 5.57. The first-order valence-corrected chi connectivity index (χ1v) is 6.54. The van der Waals surface area contributed by atoms with Gasteiger partial charge in [0, 0.05) is 19.1 Å². The Morgan fingerprint density at radius 1 is 1.50 bits per heavy atom. The lowest BCUT2D eigenvalue weighted by Gasteiger charge is -2.21. The van der Waals surface area contributed by atoms with Gasteiger partial charge in [-0.3, -0.25) is 4.79 Å². The Labute approximate surface area is 108 Å². The second-order valence-electron chi connectivity index (χ2n) is 5.25. The summed E-state index contributed by atoms with van der Waals surface area (Å²) in [6, 6.07) is 3.50. The van der Waals surface area contributed by atoms with E-state index in [9.17, 15) is 4.79 Å². The fourth-order valence-electron chi connectivity index (χ4n) is 2.48. The molecule has 2 atom stereocenters. The van der Waals surface area contributed by atoms with E-state index in [4.69, 9.17) is 9.15 Å². The largest absolute Gasteiger partial charge is 0.456 e. The first kappa shape index (κ1) is 13.1. The van der Waals surface area contributed by atoms with Gasteiger partial charge in [0.2, 0.25) is 0 Å². The number of hydrogen-bond acceptors (Lipinski definition) is 3. The molecule has 1 fully saturated rings. The van der Waals surface area contributed by atoms with Crippen molar-refractivity contribution >= 4 is 5.91 Å². The summed E-state index contributed by atoms with van der Waals surface area (Å²) in [5.41, 5.74) is 0. The highest BCUT2D eigenvalue weighted by Gasteiger charge is 2.30. The van der Waals surface area contributed by atoms with Crippen molar-refractivity contribution in [2.45, 2.75) is 33.3 Å². The fraction of sp³-hybridized carbons (Fsp3) is 0.643. The molecule has 0 aromatic carbocycles. The van der Waals surface area contributed by atoms with Gasteiger partial charge in [0.05, 0.1) is 6.10 Å². The van der Waals surface area contributed by atoms with Crippen molar-refractivity contribution < 1.29 is 13.9 Å². The third-order valence-electron chi connectivity index (χ3n) is 3.41. The van der Waals surface area contributed by atoms with Crippen LogP contribution in [0.5, 0.6) is 0 Å². The van der Waals surface area contributed by atoms with Gasteiger partial charge in [-0.25, -0.2) is 0 Å². The number of nitrogens with one attached hydrogen (secondary N) is 1. The molecule has 0 bridgehead atoms.